The lowest BCUT2D eigenvalue weighted by atomic mass is 9.98. The molecule has 0 atom stereocenters. The van der Waals surface area contributed by atoms with Crippen LogP contribution in [0.4, 0.5) is 9.93 Å². The Bertz CT molecular complexity index is 1160. The van der Waals surface area contributed by atoms with E-state index in [1.165, 1.54) is 28.0 Å². The van der Waals surface area contributed by atoms with Gasteiger partial charge in [0.25, 0.3) is 0 Å². The maximum Gasteiger partial charge on any atom is 0.407 e. The summed E-state index contributed by atoms with van der Waals surface area (Å²) in [5.41, 5.74) is 6.70. The van der Waals surface area contributed by atoms with Crippen molar-refractivity contribution in [3.63, 3.8) is 0 Å². The van der Waals surface area contributed by atoms with E-state index in [-0.39, 0.29) is 25.0 Å². The molecule has 6 nitrogen and oxygen atoms in total. The van der Waals surface area contributed by atoms with Crippen LogP contribution in [0.1, 0.15) is 55.8 Å². The number of carbonyl (C=O) groups is 2. The van der Waals surface area contributed by atoms with Gasteiger partial charge in [-0.2, -0.15) is 0 Å². The van der Waals surface area contributed by atoms with Crippen molar-refractivity contribution in [1.29, 1.82) is 0 Å². The first-order valence-corrected chi connectivity index (χ1v) is 12.5. The van der Waals surface area contributed by atoms with Gasteiger partial charge in [-0.25, -0.2) is 9.78 Å². The number of alkyl carbamates (subject to hydrolysis) is 1. The Morgan fingerprint density at radius 3 is 2.38 bits per heavy atom. The van der Waals surface area contributed by atoms with Gasteiger partial charge in [-0.3, -0.25) is 4.79 Å². The molecule has 1 aliphatic rings. The lowest BCUT2D eigenvalue weighted by Gasteiger charge is -2.14. The molecule has 4 rings (SSSR count). The number of rotatable bonds is 9. The average Bonchev–Trinajstić information content (AvgIpc) is 3.44. The molecule has 34 heavy (non-hydrogen) atoms. The molecule has 2 amide bonds. The van der Waals surface area contributed by atoms with Crippen molar-refractivity contribution in [3.8, 4) is 11.1 Å². The summed E-state index contributed by atoms with van der Waals surface area (Å²) in [6.45, 7) is 4.26. The predicted molar refractivity (Wildman–Crippen MR) is 137 cm³/mol. The molecule has 1 heterocycles. The average molecular weight is 476 g/mol. The summed E-state index contributed by atoms with van der Waals surface area (Å²) in [6.07, 6.45) is 4.55. The molecule has 176 valence electrons. The number of hydrogen-bond acceptors (Lipinski definition) is 5. The summed E-state index contributed by atoms with van der Waals surface area (Å²) >= 11 is 1.38. The first-order valence-electron chi connectivity index (χ1n) is 11.6. The number of allylic oxidation sites excluding steroid dienone is 2. The third-order valence-corrected chi connectivity index (χ3v) is 6.63. The number of anilines is 1. The molecule has 0 aliphatic heterocycles. The smallest absolute Gasteiger partial charge is 0.407 e. The number of aromatic nitrogens is 1. The summed E-state index contributed by atoms with van der Waals surface area (Å²) in [5.74, 6) is -0.362. The second-order valence-corrected chi connectivity index (χ2v) is 8.99. The van der Waals surface area contributed by atoms with E-state index in [0.29, 0.717) is 5.13 Å². The van der Waals surface area contributed by atoms with Crippen LogP contribution in [0.25, 0.3) is 16.7 Å². The highest BCUT2D eigenvalue weighted by Gasteiger charge is 2.29. The van der Waals surface area contributed by atoms with E-state index in [1.54, 1.807) is 0 Å². The van der Waals surface area contributed by atoms with Gasteiger partial charge in [-0.15, -0.1) is 11.3 Å². The fraction of sp³-hybridized carbons (Fsp3) is 0.296. The van der Waals surface area contributed by atoms with Crippen molar-refractivity contribution in [2.45, 2.75) is 39.0 Å². The van der Waals surface area contributed by atoms with Crippen molar-refractivity contribution in [1.82, 2.24) is 10.3 Å². The van der Waals surface area contributed by atoms with Crippen molar-refractivity contribution < 1.29 is 14.3 Å². The van der Waals surface area contributed by atoms with Crippen LogP contribution in [-0.2, 0) is 9.53 Å². The summed E-state index contributed by atoms with van der Waals surface area (Å²) < 4.78 is 5.48. The largest absolute Gasteiger partial charge is 0.449 e. The summed E-state index contributed by atoms with van der Waals surface area (Å²) in [4.78, 5) is 29.1. The molecule has 0 spiro atoms. The Hall–Kier alpha value is -3.45. The van der Waals surface area contributed by atoms with Crippen LogP contribution in [0.3, 0.4) is 0 Å². The quantitative estimate of drug-likeness (QED) is 0.385. The normalized spacial score (nSPS) is 12.7. The van der Waals surface area contributed by atoms with Crippen LogP contribution in [-0.4, -0.2) is 30.1 Å². The van der Waals surface area contributed by atoms with Crippen LogP contribution in [0.5, 0.6) is 0 Å². The first kappa shape index (κ1) is 23.7. The van der Waals surface area contributed by atoms with E-state index >= 15 is 0 Å². The van der Waals surface area contributed by atoms with Crippen LogP contribution in [0.2, 0.25) is 0 Å². The Balaban J connectivity index is 1.28. The number of nitrogens with zero attached hydrogens (tertiary/aromatic N) is 1. The Kier molecular flexibility index (Phi) is 7.75. The summed E-state index contributed by atoms with van der Waals surface area (Å²) in [7, 11) is 0. The number of thiazole rings is 1. The van der Waals surface area contributed by atoms with Crippen molar-refractivity contribution in [2.24, 2.45) is 0 Å². The van der Waals surface area contributed by atoms with Crippen LogP contribution in [0, 0.1) is 0 Å². The lowest BCUT2D eigenvalue weighted by molar-refractivity contribution is -0.115. The zero-order valence-electron chi connectivity index (χ0n) is 19.5. The van der Waals surface area contributed by atoms with Crippen LogP contribution in [0.15, 0.2) is 60.0 Å². The third-order valence-electron chi connectivity index (χ3n) is 5.88. The minimum absolute atomic E-state index is 0.0192. The number of benzene rings is 2. The van der Waals surface area contributed by atoms with Gasteiger partial charge in [-0.05, 0) is 40.7 Å². The highest BCUT2D eigenvalue weighted by Crippen LogP contribution is 2.44. The fourth-order valence-corrected chi connectivity index (χ4v) is 4.94. The van der Waals surface area contributed by atoms with E-state index in [1.807, 2.05) is 29.6 Å². The minimum Gasteiger partial charge on any atom is -0.449 e. The fourth-order valence-electron chi connectivity index (χ4n) is 4.19. The molecule has 2 aromatic carbocycles. The minimum atomic E-state index is -0.618. The lowest BCUT2D eigenvalue weighted by Crippen LogP contribution is -2.33. The van der Waals surface area contributed by atoms with E-state index in [2.05, 4.69) is 59.8 Å². The van der Waals surface area contributed by atoms with E-state index < -0.39 is 6.09 Å². The molecular formula is C27H29N3O3S. The maximum absolute atomic E-state index is 12.3. The molecule has 0 saturated carbocycles. The molecule has 1 aliphatic carbocycles. The van der Waals surface area contributed by atoms with Crippen molar-refractivity contribution in [3.05, 3.63) is 76.8 Å². The molecule has 1 aromatic heterocycles. The molecule has 3 aromatic rings. The standard InChI is InChI=1S/C27H29N3O3S/c1-3-5-10-18(4-2)24-17-34-26(29-24)30-25(31)15-28-27(32)33-16-23-21-13-8-6-11-19(21)20-12-7-9-14-22(20)23/h6-14,17,23H,3-5,15-16H2,1-2H3,(H,28,32)(H,29,30,31)/b18-10+. The molecular weight excluding hydrogens is 446 g/mol. The molecule has 0 unspecified atom stereocenters. The topological polar surface area (TPSA) is 80.3 Å². The number of amides is 2. The maximum atomic E-state index is 12.3. The Morgan fingerprint density at radius 1 is 1.06 bits per heavy atom. The highest BCUT2D eigenvalue weighted by molar-refractivity contribution is 7.14. The molecule has 7 heteroatoms. The summed E-state index contributed by atoms with van der Waals surface area (Å²) in [5, 5.41) is 7.75. The number of unbranched alkanes of at least 4 members (excludes halogenated alkanes) is 1. The Labute approximate surface area is 204 Å². The predicted octanol–water partition coefficient (Wildman–Crippen LogP) is 6.21. The number of carbonyl (C=O) groups excluding carboxylic acids is 2. The highest BCUT2D eigenvalue weighted by atomic mass is 32.1. The van der Waals surface area contributed by atoms with Gasteiger partial charge in [0.15, 0.2) is 5.13 Å². The van der Waals surface area contributed by atoms with Crippen LogP contribution < -0.4 is 10.6 Å². The number of fused-ring (bicyclic) bond motifs is 3. The molecule has 0 saturated heterocycles. The van der Waals surface area contributed by atoms with Gasteiger partial charge >= 0.3 is 6.09 Å². The van der Waals surface area contributed by atoms with Gasteiger partial charge in [-0.1, -0.05) is 74.9 Å². The molecule has 0 fully saturated rings. The monoisotopic (exact) mass is 475 g/mol. The zero-order chi connectivity index (χ0) is 23.9. The first-order chi connectivity index (χ1) is 16.6. The second-order valence-electron chi connectivity index (χ2n) is 8.14. The number of ether oxygens (including phenoxy) is 1. The Morgan fingerprint density at radius 2 is 1.74 bits per heavy atom. The van der Waals surface area contributed by atoms with Gasteiger partial charge in [0.1, 0.15) is 13.2 Å². The molecule has 0 radical (unpaired) electrons. The van der Waals surface area contributed by atoms with Crippen LogP contribution >= 0.6 is 11.3 Å². The second kappa shape index (κ2) is 11.1. The molecule has 2 N–H and O–H groups in total. The number of hydrogen-bond donors (Lipinski definition) is 2. The van der Waals surface area contributed by atoms with Gasteiger partial charge in [0, 0.05) is 11.3 Å². The van der Waals surface area contributed by atoms with Gasteiger partial charge < -0.3 is 15.4 Å². The summed E-state index contributed by atoms with van der Waals surface area (Å²) in [6, 6.07) is 16.3. The van der Waals surface area contributed by atoms with E-state index in [9.17, 15) is 9.59 Å². The van der Waals surface area contributed by atoms with Crippen molar-refractivity contribution >= 4 is 34.0 Å². The molecule has 0 bridgehead atoms. The third kappa shape index (κ3) is 5.37. The van der Waals surface area contributed by atoms with E-state index in [0.717, 1.165) is 36.1 Å². The zero-order valence-corrected chi connectivity index (χ0v) is 20.3. The van der Waals surface area contributed by atoms with Gasteiger partial charge in [0.2, 0.25) is 5.91 Å². The van der Waals surface area contributed by atoms with E-state index in [4.69, 9.17) is 4.74 Å². The number of nitrogens with one attached hydrogen (secondary N) is 2. The van der Waals surface area contributed by atoms with Crippen molar-refractivity contribution in [2.75, 3.05) is 18.5 Å². The van der Waals surface area contributed by atoms with Gasteiger partial charge in [0.05, 0.1) is 5.69 Å². The SMILES string of the molecule is CCC/C=C(\CC)c1csc(NC(=O)CNC(=O)OCC2c3ccccc3-c3ccccc32)n1.